The molecule has 0 saturated carbocycles. The Kier molecular flexibility index (Phi) is 6.81. The van der Waals surface area contributed by atoms with E-state index in [-0.39, 0.29) is 0 Å². The van der Waals surface area contributed by atoms with E-state index in [0.717, 1.165) is 64.0 Å². The van der Waals surface area contributed by atoms with E-state index in [4.69, 9.17) is 4.99 Å². The third-order valence-electron chi connectivity index (χ3n) is 4.48. The molecule has 1 fully saturated rings. The molecule has 1 aromatic heterocycles. The first-order valence-corrected chi connectivity index (χ1v) is 9.46. The van der Waals surface area contributed by atoms with Crippen LogP contribution >= 0.6 is 0 Å². The van der Waals surface area contributed by atoms with Crippen molar-refractivity contribution in [2.24, 2.45) is 4.99 Å². The highest BCUT2D eigenvalue weighted by molar-refractivity contribution is 5.80. The number of benzene rings is 1. The van der Waals surface area contributed by atoms with Gasteiger partial charge in [-0.1, -0.05) is 30.3 Å². The van der Waals surface area contributed by atoms with Crippen LogP contribution in [0.25, 0.3) is 0 Å². The number of nitrogens with one attached hydrogen (secondary N) is 1. The van der Waals surface area contributed by atoms with Crippen LogP contribution in [0.1, 0.15) is 18.9 Å². The van der Waals surface area contributed by atoms with Crippen LogP contribution in [0, 0.1) is 0 Å². The van der Waals surface area contributed by atoms with Crippen molar-refractivity contribution in [1.29, 1.82) is 0 Å². The smallest absolute Gasteiger partial charge is 0.225 e. The Morgan fingerprint density at radius 3 is 2.46 bits per heavy atom. The third-order valence-corrected chi connectivity index (χ3v) is 4.48. The van der Waals surface area contributed by atoms with Gasteiger partial charge < -0.3 is 15.1 Å². The number of aliphatic imine (C=N–C) groups is 1. The molecular formula is C20H28N6. The van der Waals surface area contributed by atoms with Gasteiger partial charge >= 0.3 is 0 Å². The molecule has 0 bridgehead atoms. The lowest BCUT2D eigenvalue weighted by molar-refractivity contribution is 0.370. The highest BCUT2D eigenvalue weighted by atomic mass is 15.4. The van der Waals surface area contributed by atoms with Gasteiger partial charge in [-0.05, 0) is 31.4 Å². The fourth-order valence-electron chi connectivity index (χ4n) is 3.11. The lowest BCUT2D eigenvalue weighted by Crippen LogP contribution is -2.53. The summed E-state index contributed by atoms with van der Waals surface area (Å²) in [4.78, 5) is 18.1. The van der Waals surface area contributed by atoms with Gasteiger partial charge in [0.25, 0.3) is 0 Å². The normalized spacial score (nSPS) is 15.2. The molecule has 138 valence electrons. The van der Waals surface area contributed by atoms with E-state index in [9.17, 15) is 0 Å². The first-order chi connectivity index (χ1) is 12.9. The van der Waals surface area contributed by atoms with Crippen LogP contribution in [0.3, 0.4) is 0 Å². The molecule has 1 saturated heterocycles. The number of anilines is 1. The second kappa shape index (κ2) is 9.75. The number of aryl methyl sites for hydroxylation is 1. The van der Waals surface area contributed by atoms with Crippen molar-refractivity contribution in [2.75, 3.05) is 44.2 Å². The van der Waals surface area contributed by atoms with Gasteiger partial charge in [0.2, 0.25) is 5.95 Å². The van der Waals surface area contributed by atoms with E-state index in [0.29, 0.717) is 0 Å². The zero-order chi connectivity index (χ0) is 18.0. The molecule has 1 N–H and O–H groups in total. The van der Waals surface area contributed by atoms with Crippen molar-refractivity contribution in [1.82, 2.24) is 20.2 Å². The second-order valence-corrected chi connectivity index (χ2v) is 6.35. The van der Waals surface area contributed by atoms with Crippen molar-refractivity contribution in [3.8, 4) is 0 Å². The molecule has 0 amide bonds. The molecule has 0 atom stereocenters. The van der Waals surface area contributed by atoms with Gasteiger partial charge in [0.05, 0.1) is 0 Å². The summed E-state index contributed by atoms with van der Waals surface area (Å²) in [6.07, 6.45) is 5.74. The van der Waals surface area contributed by atoms with Gasteiger partial charge in [-0.3, -0.25) is 4.99 Å². The summed E-state index contributed by atoms with van der Waals surface area (Å²) in [7, 11) is 0. The molecule has 6 nitrogen and oxygen atoms in total. The van der Waals surface area contributed by atoms with E-state index in [1.54, 1.807) is 12.4 Å². The van der Waals surface area contributed by atoms with Crippen LogP contribution in [0.4, 0.5) is 5.95 Å². The Morgan fingerprint density at radius 2 is 1.77 bits per heavy atom. The summed E-state index contributed by atoms with van der Waals surface area (Å²) < 4.78 is 0. The first-order valence-electron chi connectivity index (χ1n) is 9.46. The summed E-state index contributed by atoms with van der Waals surface area (Å²) in [6.45, 7) is 7.55. The van der Waals surface area contributed by atoms with Crippen molar-refractivity contribution in [2.45, 2.75) is 19.8 Å². The predicted octanol–water partition coefficient (Wildman–Crippen LogP) is 2.20. The molecule has 26 heavy (non-hydrogen) atoms. The van der Waals surface area contributed by atoms with Crippen LogP contribution in [0.2, 0.25) is 0 Å². The average molecular weight is 352 g/mol. The summed E-state index contributed by atoms with van der Waals surface area (Å²) in [5.74, 6) is 1.84. The minimum absolute atomic E-state index is 0.817. The van der Waals surface area contributed by atoms with Crippen molar-refractivity contribution >= 4 is 11.9 Å². The Balaban J connectivity index is 1.50. The van der Waals surface area contributed by atoms with E-state index < -0.39 is 0 Å². The molecule has 1 aromatic carbocycles. The highest BCUT2D eigenvalue weighted by Crippen LogP contribution is 2.10. The molecule has 0 spiro atoms. The van der Waals surface area contributed by atoms with Crippen molar-refractivity contribution in [3.63, 3.8) is 0 Å². The van der Waals surface area contributed by atoms with Gasteiger partial charge in [-0.25, -0.2) is 9.97 Å². The number of nitrogens with zero attached hydrogens (tertiary/aromatic N) is 5. The third kappa shape index (κ3) is 5.18. The lowest BCUT2D eigenvalue weighted by atomic mass is 10.1. The number of hydrogen-bond acceptors (Lipinski definition) is 4. The van der Waals surface area contributed by atoms with E-state index >= 15 is 0 Å². The minimum atomic E-state index is 0.817. The number of piperazine rings is 1. The van der Waals surface area contributed by atoms with Crippen LogP contribution in [-0.4, -0.2) is 60.1 Å². The lowest BCUT2D eigenvalue weighted by Gasteiger charge is -2.36. The molecule has 3 rings (SSSR count). The average Bonchev–Trinajstić information content (AvgIpc) is 2.72. The van der Waals surface area contributed by atoms with Gasteiger partial charge in [0.15, 0.2) is 5.96 Å². The van der Waals surface area contributed by atoms with E-state index in [1.165, 1.54) is 5.56 Å². The monoisotopic (exact) mass is 352 g/mol. The highest BCUT2D eigenvalue weighted by Gasteiger charge is 2.20. The fraction of sp³-hybridized carbons (Fsp3) is 0.450. The zero-order valence-electron chi connectivity index (χ0n) is 15.5. The molecule has 0 aliphatic carbocycles. The number of guanidine groups is 1. The van der Waals surface area contributed by atoms with E-state index in [2.05, 4.69) is 62.3 Å². The van der Waals surface area contributed by atoms with Gasteiger partial charge in [-0.15, -0.1) is 0 Å². The number of hydrogen-bond donors (Lipinski definition) is 1. The topological polar surface area (TPSA) is 56.7 Å². The summed E-state index contributed by atoms with van der Waals surface area (Å²) >= 11 is 0. The Morgan fingerprint density at radius 1 is 1.04 bits per heavy atom. The molecule has 2 heterocycles. The standard InChI is InChI=1S/C20H28N6/c1-2-21-19(22-11-6-10-18-8-4-3-5-9-18)25-14-16-26(17-15-25)20-23-12-7-13-24-20/h3-5,7-9,12-13H,2,6,10-11,14-17H2,1H3,(H,21,22). The Hall–Kier alpha value is -2.63. The molecule has 1 aliphatic rings. The zero-order valence-corrected chi connectivity index (χ0v) is 15.5. The quantitative estimate of drug-likeness (QED) is 0.491. The Labute approximate surface area is 156 Å². The predicted molar refractivity (Wildman–Crippen MR) is 107 cm³/mol. The van der Waals surface area contributed by atoms with Crippen LogP contribution in [-0.2, 0) is 6.42 Å². The summed E-state index contributed by atoms with van der Waals surface area (Å²) in [5.41, 5.74) is 1.38. The first kappa shape index (κ1) is 18.2. The van der Waals surface area contributed by atoms with Crippen molar-refractivity contribution < 1.29 is 0 Å². The minimum Gasteiger partial charge on any atom is -0.357 e. The maximum Gasteiger partial charge on any atom is 0.225 e. The fourth-order valence-corrected chi connectivity index (χ4v) is 3.11. The van der Waals surface area contributed by atoms with Gasteiger partial charge in [0.1, 0.15) is 0 Å². The van der Waals surface area contributed by atoms with Crippen molar-refractivity contribution in [3.05, 3.63) is 54.4 Å². The molecule has 2 aromatic rings. The molecule has 6 heteroatoms. The summed E-state index contributed by atoms with van der Waals surface area (Å²) in [5, 5.41) is 3.43. The van der Waals surface area contributed by atoms with E-state index in [1.807, 2.05) is 6.07 Å². The molecule has 0 unspecified atom stereocenters. The van der Waals surface area contributed by atoms with Crippen LogP contribution in [0.5, 0.6) is 0 Å². The maximum absolute atomic E-state index is 4.83. The van der Waals surface area contributed by atoms with Crippen LogP contribution in [0.15, 0.2) is 53.8 Å². The number of aromatic nitrogens is 2. The van der Waals surface area contributed by atoms with Crippen LogP contribution < -0.4 is 10.2 Å². The second-order valence-electron chi connectivity index (χ2n) is 6.35. The largest absolute Gasteiger partial charge is 0.357 e. The molecule has 1 aliphatic heterocycles. The Bertz CT molecular complexity index is 665. The molecular weight excluding hydrogens is 324 g/mol. The van der Waals surface area contributed by atoms with Gasteiger partial charge in [-0.2, -0.15) is 0 Å². The maximum atomic E-state index is 4.83. The van der Waals surface area contributed by atoms with Gasteiger partial charge in [0, 0.05) is 51.7 Å². The SMILES string of the molecule is CCNC(=NCCCc1ccccc1)N1CCN(c2ncccn2)CC1. The summed E-state index contributed by atoms with van der Waals surface area (Å²) in [6, 6.07) is 12.5. The number of rotatable bonds is 6. The molecule has 0 radical (unpaired) electrons.